The third kappa shape index (κ3) is 4.59. The van der Waals surface area contributed by atoms with Gasteiger partial charge in [0.1, 0.15) is 10.6 Å². The van der Waals surface area contributed by atoms with Gasteiger partial charge >= 0.3 is 10.1 Å². The highest BCUT2D eigenvalue weighted by Crippen LogP contribution is 2.29. The summed E-state index contributed by atoms with van der Waals surface area (Å²) in [5.74, 6) is 0.189. The molecule has 0 aliphatic carbocycles. The van der Waals surface area contributed by atoms with Gasteiger partial charge in [-0.05, 0) is 47.7 Å². The topological polar surface area (TPSA) is 104 Å². The van der Waals surface area contributed by atoms with Gasteiger partial charge in [-0.1, -0.05) is 39.0 Å². The van der Waals surface area contributed by atoms with E-state index in [1.807, 2.05) is 6.07 Å². The lowest BCUT2D eigenvalue weighted by molar-refractivity contribution is 0.483. The largest absolute Gasteiger partial charge is 0.379 e. The maximum absolute atomic E-state index is 12.5. The molecule has 0 heterocycles. The van der Waals surface area contributed by atoms with Crippen LogP contribution in [0.1, 0.15) is 31.9 Å². The van der Waals surface area contributed by atoms with E-state index < -0.39 is 20.1 Å². The van der Waals surface area contributed by atoms with E-state index >= 15 is 0 Å². The molecule has 2 rings (SSSR count). The first-order valence-corrected chi connectivity index (χ1v) is 10.4. The van der Waals surface area contributed by atoms with E-state index in [4.69, 9.17) is 9.32 Å². The van der Waals surface area contributed by atoms with Crippen LogP contribution >= 0.6 is 0 Å². The molecule has 0 aliphatic heterocycles. The zero-order valence-electron chi connectivity index (χ0n) is 14.5. The molecule has 2 N–H and O–H groups in total. The SMILES string of the molecule is Cc1cc(C(C)(C)C)ccc1OS(=O)(=O)c1cccc(S(N)(=O)=O)c1. The summed E-state index contributed by atoms with van der Waals surface area (Å²) >= 11 is 0. The molecular formula is C17H21NO5S2. The minimum Gasteiger partial charge on any atom is -0.379 e. The zero-order chi connectivity index (χ0) is 19.0. The molecule has 0 fully saturated rings. The Balaban J connectivity index is 2.40. The first-order valence-electron chi connectivity index (χ1n) is 7.49. The van der Waals surface area contributed by atoms with E-state index in [-0.39, 0.29) is 21.0 Å². The van der Waals surface area contributed by atoms with Crippen molar-refractivity contribution in [2.75, 3.05) is 0 Å². The fraction of sp³-hybridized carbons (Fsp3) is 0.294. The van der Waals surface area contributed by atoms with Crippen molar-refractivity contribution in [2.24, 2.45) is 5.14 Å². The molecule has 0 saturated heterocycles. The van der Waals surface area contributed by atoms with Crippen molar-refractivity contribution in [3.05, 3.63) is 53.6 Å². The Labute approximate surface area is 148 Å². The predicted octanol–water partition coefficient (Wildman–Crippen LogP) is 2.71. The summed E-state index contributed by atoms with van der Waals surface area (Å²) in [5, 5.41) is 5.04. The molecule has 0 radical (unpaired) electrons. The number of sulfonamides is 1. The summed E-state index contributed by atoms with van der Waals surface area (Å²) in [4.78, 5) is -0.574. The molecule has 0 aliphatic rings. The predicted molar refractivity (Wildman–Crippen MR) is 95.5 cm³/mol. The van der Waals surface area contributed by atoms with Crippen LogP contribution in [0.15, 0.2) is 52.3 Å². The van der Waals surface area contributed by atoms with Crippen LogP contribution < -0.4 is 9.32 Å². The van der Waals surface area contributed by atoms with Gasteiger partial charge in [0.25, 0.3) is 0 Å². The first kappa shape index (κ1) is 19.4. The number of hydrogen-bond acceptors (Lipinski definition) is 5. The van der Waals surface area contributed by atoms with Crippen LogP contribution in [0.4, 0.5) is 0 Å². The van der Waals surface area contributed by atoms with Gasteiger partial charge in [-0.2, -0.15) is 8.42 Å². The molecule has 2 aromatic rings. The van der Waals surface area contributed by atoms with Crippen LogP contribution in [0.3, 0.4) is 0 Å². The monoisotopic (exact) mass is 383 g/mol. The third-order valence-corrected chi connectivity index (χ3v) is 5.80. The number of nitrogens with two attached hydrogens (primary N) is 1. The van der Waals surface area contributed by atoms with Crippen molar-refractivity contribution in [1.82, 2.24) is 0 Å². The quantitative estimate of drug-likeness (QED) is 0.818. The van der Waals surface area contributed by atoms with E-state index in [0.29, 0.717) is 5.56 Å². The van der Waals surface area contributed by atoms with Crippen molar-refractivity contribution >= 4 is 20.1 Å². The van der Waals surface area contributed by atoms with E-state index in [1.54, 1.807) is 19.1 Å². The average Bonchev–Trinajstić information content (AvgIpc) is 2.47. The Bertz CT molecular complexity index is 1000. The lowest BCUT2D eigenvalue weighted by Gasteiger charge is -2.20. The van der Waals surface area contributed by atoms with Crippen molar-refractivity contribution in [3.63, 3.8) is 0 Å². The van der Waals surface area contributed by atoms with Crippen LogP contribution in [0.2, 0.25) is 0 Å². The van der Waals surface area contributed by atoms with Crippen molar-refractivity contribution in [3.8, 4) is 5.75 Å². The van der Waals surface area contributed by atoms with Crippen molar-refractivity contribution < 1.29 is 21.0 Å². The number of benzene rings is 2. The maximum atomic E-state index is 12.5. The van der Waals surface area contributed by atoms with Gasteiger partial charge in [0, 0.05) is 0 Å². The minimum absolute atomic E-state index is 0.0774. The van der Waals surface area contributed by atoms with Gasteiger partial charge in [-0.25, -0.2) is 13.6 Å². The highest BCUT2D eigenvalue weighted by atomic mass is 32.2. The van der Waals surface area contributed by atoms with Crippen LogP contribution in [0.25, 0.3) is 0 Å². The summed E-state index contributed by atoms with van der Waals surface area (Å²) < 4.78 is 52.9. The smallest absolute Gasteiger partial charge is 0.339 e. The molecule has 0 aromatic heterocycles. The second-order valence-corrected chi connectivity index (χ2v) is 9.90. The Morgan fingerprint density at radius 1 is 0.920 bits per heavy atom. The van der Waals surface area contributed by atoms with Gasteiger partial charge in [0.05, 0.1) is 4.90 Å². The van der Waals surface area contributed by atoms with Crippen molar-refractivity contribution in [1.29, 1.82) is 0 Å². The first-order chi connectivity index (χ1) is 11.3. The Morgan fingerprint density at radius 3 is 2.04 bits per heavy atom. The Hall–Kier alpha value is -1.90. The molecule has 25 heavy (non-hydrogen) atoms. The summed E-state index contributed by atoms with van der Waals surface area (Å²) in [6, 6.07) is 10.0. The van der Waals surface area contributed by atoms with Gasteiger partial charge in [0.15, 0.2) is 0 Å². The molecule has 0 unspecified atom stereocenters. The zero-order valence-corrected chi connectivity index (χ0v) is 16.1. The summed E-state index contributed by atoms with van der Waals surface area (Å²) in [6.07, 6.45) is 0. The number of aryl methyl sites for hydroxylation is 1. The van der Waals surface area contributed by atoms with E-state index in [0.717, 1.165) is 11.6 Å². The molecule has 0 saturated carbocycles. The molecule has 136 valence electrons. The lowest BCUT2D eigenvalue weighted by atomic mass is 9.86. The van der Waals surface area contributed by atoms with Crippen molar-refractivity contribution in [2.45, 2.75) is 42.9 Å². The summed E-state index contributed by atoms with van der Waals surface area (Å²) in [5.41, 5.74) is 1.64. The highest BCUT2D eigenvalue weighted by molar-refractivity contribution is 7.89. The van der Waals surface area contributed by atoms with E-state index in [9.17, 15) is 16.8 Å². The Kier molecular flexibility index (Phi) is 5.00. The molecular weight excluding hydrogens is 362 g/mol. The van der Waals surface area contributed by atoms with E-state index in [1.165, 1.54) is 18.2 Å². The second-order valence-electron chi connectivity index (χ2n) is 6.79. The van der Waals surface area contributed by atoms with Gasteiger partial charge in [0.2, 0.25) is 10.0 Å². The van der Waals surface area contributed by atoms with Crippen LogP contribution in [0, 0.1) is 6.92 Å². The van der Waals surface area contributed by atoms with Gasteiger partial charge in [-0.3, -0.25) is 0 Å². The molecule has 0 bridgehead atoms. The van der Waals surface area contributed by atoms with Gasteiger partial charge < -0.3 is 4.18 Å². The normalized spacial score (nSPS) is 12.8. The van der Waals surface area contributed by atoms with Crippen LogP contribution in [0.5, 0.6) is 5.75 Å². The molecule has 8 heteroatoms. The standard InChI is InChI=1S/C17H21NO5S2/c1-12-10-13(17(2,3)4)8-9-16(12)23-25(21,22)15-7-5-6-14(11-15)24(18,19)20/h5-11H,1-4H3,(H2,18,19,20). The van der Waals surface area contributed by atoms with Crippen LogP contribution in [-0.4, -0.2) is 16.8 Å². The highest BCUT2D eigenvalue weighted by Gasteiger charge is 2.21. The fourth-order valence-electron chi connectivity index (χ4n) is 2.18. The molecule has 6 nitrogen and oxygen atoms in total. The van der Waals surface area contributed by atoms with Crippen LogP contribution in [-0.2, 0) is 25.6 Å². The molecule has 0 atom stereocenters. The summed E-state index contributed by atoms with van der Waals surface area (Å²) in [6.45, 7) is 7.91. The second kappa shape index (κ2) is 6.44. The average molecular weight is 383 g/mol. The Morgan fingerprint density at radius 2 is 1.52 bits per heavy atom. The number of hydrogen-bond donors (Lipinski definition) is 1. The number of rotatable bonds is 4. The third-order valence-electron chi connectivity index (χ3n) is 3.66. The summed E-state index contributed by atoms with van der Waals surface area (Å²) in [7, 11) is -8.20. The van der Waals surface area contributed by atoms with E-state index in [2.05, 4.69) is 20.8 Å². The lowest BCUT2D eigenvalue weighted by Crippen LogP contribution is -2.15. The maximum Gasteiger partial charge on any atom is 0.339 e. The molecule has 2 aromatic carbocycles. The van der Waals surface area contributed by atoms with Gasteiger partial charge in [-0.15, -0.1) is 0 Å². The molecule has 0 amide bonds. The number of primary sulfonamides is 1. The fourth-order valence-corrected chi connectivity index (χ4v) is 3.85. The minimum atomic E-state index is -4.19. The molecule has 0 spiro atoms.